The topological polar surface area (TPSA) is 41.1 Å². The molecule has 2 aromatic rings. The van der Waals surface area contributed by atoms with Crippen molar-refractivity contribution < 1.29 is 9.18 Å². The highest BCUT2D eigenvalue weighted by Gasteiger charge is 2.06. The number of para-hydroxylation sites is 1. The monoisotopic (exact) mass is 356 g/mol. The lowest BCUT2D eigenvalue weighted by Crippen LogP contribution is -2.22. The molecule has 0 fully saturated rings. The number of amides is 1. The Balaban J connectivity index is 1.92. The van der Waals surface area contributed by atoms with Crippen LogP contribution in [0, 0.1) is 5.82 Å². The minimum absolute atomic E-state index is 0.0302. The van der Waals surface area contributed by atoms with Crippen molar-refractivity contribution in [3.8, 4) is 0 Å². The van der Waals surface area contributed by atoms with Crippen molar-refractivity contribution in [2.24, 2.45) is 0 Å². The lowest BCUT2D eigenvalue weighted by Gasteiger charge is -2.09. The van der Waals surface area contributed by atoms with Crippen molar-refractivity contribution in [2.75, 3.05) is 17.2 Å². The summed E-state index contributed by atoms with van der Waals surface area (Å²) in [5.41, 5.74) is 0.904. The van der Waals surface area contributed by atoms with Crippen LogP contribution in [-0.4, -0.2) is 12.5 Å². The molecule has 20 heavy (non-hydrogen) atoms. The van der Waals surface area contributed by atoms with Crippen LogP contribution >= 0.6 is 27.5 Å². The van der Waals surface area contributed by atoms with E-state index >= 15 is 0 Å². The average Bonchev–Trinajstić information content (AvgIpc) is 2.43. The van der Waals surface area contributed by atoms with Crippen LogP contribution in [0.5, 0.6) is 0 Å². The molecule has 0 aliphatic heterocycles. The highest BCUT2D eigenvalue weighted by atomic mass is 79.9. The van der Waals surface area contributed by atoms with E-state index < -0.39 is 5.82 Å². The molecule has 0 aliphatic carbocycles. The van der Waals surface area contributed by atoms with Crippen LogP contribution in [0.1, 0.15) is 0 Å². The molecule has 0 saturated carbocycles. The molecule has 2 N–H and O–H groups in total. The number of halogens is 3. The Labute approximate surface area is 129 Å². The zero-order valence-corrected chi connectivity index (χ0v) is 12.6. The standard InChI is InChI=1S/C14H11BrClFN2O/c15-10-7-9(5-6-11(10)16)18-8-14(20)19-13-4-2-1-3-12(13)17/h1-7,18H,8H2,(H,19,20). The molecule has 0 spiro atoms. The summed E-state index contributed by atoms with van der Waals surface area (Å²) in [6, 6.07) is 11.2. The molecule has 1 amide bonds. The molecule has 0 aromatic heterocycles. The number of hydrogen-bond acceptors (Lipinski definition) is 2. The van der Waals surface area contributed by atoms with Gasteiger partial charge in [0.1, 0.15) is 5.82 Å². The molecule has 0 radical (unpaired) electrons. The SMILES string of the molecule is O=C(CNc1ccc(Cl)c(Br)c1)Nc1ccccc1F. The van der Waals surface area contributed by atoms with Crippen molar-refractivity contribution in [1.29, 1.82) is 0 Å². The number of benzene rings is 2. The van der Waals surface area contributed by atoms with Gasteiger partial charge in [-0.05, 0) is 46.3 Å². The Morgan fingerprint density at radius 3 is 2.70 bits per heavy atom. The maximum atomic E-state index is 13.4. The summed E-state index contributed by atoms with van der Waals surface area (Å²) in [6.45, 7) is 0.0302. The smallest absolute Gasteiger partial charge is 0.243 e. The fourth-order valence-electron chi connectivity index (χ4n) is 1.55. The highest BCUT2D eigenvalue weighted by Crippen LogP contribution is 2.25. The number of carbonyl (C=O) groups is 1. The van der Waals surface area contributed by atoms with E-state index in [0.717, 1.165) is 10.2 Å². The highest BCUT2D eigenvalue weighted by molar-refractivity contribution is 9.10. The van der Waals surface area contributed by atoms with E-state index in [0.29, 0.717) is 5.02 Å². The fourth-order valence-corrected chi connectivity index (χ4v) is 2.04. The van der Waals surface area contributed by atoms with Crippen LogP contribution in [-0.2, 0) is 4.79 Å². The largest absolute Gasteiger partial charge is 0.376 e. The summed E-state index contributed by atoms with van der Waals surface area (Å²) < 4.78 is 14.1. The van der Waals surface area contributed by atoms with E-state index in [9.17, 15) is 9.18 Å². The number of nitrogens with one attached hydrogen (secondary N) is 2. The first-order chi connectivity index (χ1) is 9.56. The first-order valence-corrected chi connectivity index (χ1v) is 6.96. The number of rotatable bonds is 4. The van der Waals surface area contributed by atoms with E-state index in [4.69, 9.17) is 11.6 Å². The molecule has 2 aromatic carbocycles. The number of hydrogen-bond donors (Lipinski definition) is 2. The minimum atomic E-state index is -0.463. The van der Waals surface area contributed by atoms with Crippen LogP contribution in [0.4, 0.5) is 15.8 Å². The van der Waals surface area contributed by atoms with E-state index in [1.807, 2.05) is 0 Å². The predicted molar refractivity (Wildman–Crippen MR) is 82.7 cm³/mol. The summed E-state index contributed by atoms with van der Waals surface area (Å²) in [7, 11) is 0. The number of anilines is 2. The van der Waals surface area contributed by atoms with Gasteiger partial charge in [-0.1, -0.05) is 23.7 Å². The summed E-state index contributed by atoms with van der Waals surface area (Å²) >= 11 is 9.17. The predicted octanol–water partition coefficient (Wildman–Crippen LogP) is 4.29. The fraction of sp³-hybridized carbons (Fsp3) is 0.0714. The lowest BCUT2D eigenvalue weighted by molar-refractivity contribution is -0.114. The molecule has 0 heterocycles. The molecule has 0 saturated heterocycles. The minimum Gasteiger partial charge on any atom is -0.376 e. The Kier molecular flexibility index (Phi) is 4.98. The van der Waals surface area contributed by atoms with Gasteiger partial charge in [-0.15, -0.1) is 0 Å². The van der Waals surface area contributed by atoms with Gasteiger partial charge in [-0.25, -0.2) is 4.39 Å². The van der Waals surface area contributed by atoms with Gasteiger partial charge in [0.15, 0.2) is 0 Å². The second-order valence-electron chi connectivity index (χ2n) is 4.01. The van der Waals surface area contributed by atoms with Gasteiger partial charge in [0.2, 0.25) is 5.91 Å². The third-order valence-electron chi connectivity index (χ3n) is 2.52. The molecule has 0 aliphatic rings. The second kappa shape index (κ2) is 6.72. The molecule has 104 valence electrons. The van der Waals surface area contributed by atoms with Gasteiger partial charge in [0.25, 0.3) is 0 Å². The Morgan fingerprint density at radius 2 is 2.00 bits per heavy atom. The second-order valence-corrected chi connectivity index (χ2v) is 5.27. The molecule has 0 unspecified atom stereocenters. The Morgan fingerprint density at radius 1 is 1.25 bits per heavy atom. The van der Waals surface area contributed by atoms with Gasteiger partial charge in [0, 0.05) is 10.2 Å². The van der Waals surface area contributed by atoms with E-state index in [1.165, 1.54) is 12.1 Å². The zero-order chi connectivity index (χ0) is 14.5. The summed E-state index contributed by atoms with van der Waals surface area (Å²) in [4.78, 5) is 11.7. The first-order valence-electron chi connectivity index (χ1n) is 5.79. The molecule has 6 heteroatoms. The molecular formula is C14H11BrClFN2O. The third-order valence-corrected chi connectivity index (χ3v) is 3.73. The van der Waals surface area contributed by atoms with Crippen LogP contribution < -0.4 is 10.6 Å². The molecule has 2 rings (SSSR count). The summed E-state index contributed by atoms with van der Waals surface area (Å²) in [5.74, 6) is -0.795. The Bertz CT molecular complexity index is 636. The molecule has 0 bridgehead atoms. The quantitative estimate of drug-likeness (QED) is 0.857. The first kappa shape index (κ1) is 14.8. The Hall–Kier alpha value is -1.59. The van der Waals surface area contributed by atoms with Crippen LogP contribution in [0.25, 0.3) is 0 Å². The molecule has 3 nitrogen and oxygen atoms in total. The maximum absolute atomic E-state index is 13.4. The van der Waals surface area contributed by atoms with E-state index in [-0.39, 0.29) is 18.1 Å². The van der Waals surface area contributed by atoms with Crippen molar-refractivity contribution >= 4 is 44.8 Å². The molecular weight excluding hydrogens is 347 g/mol. The maximum Gasteiger partial charge on any atom is 0.243 e. The zero-order valence-electron chi connectivity index (χ0n) is 10.3. The van der Waals surface area contributed by atoms with E-state index in [2.05, 4.69) is 26.6 Å². The van der Waals surface area contributed by atoms with Gasteiger partial charge >= 0.3 is 0 Å². The van der Waals surface area contributed by atoms with Crippen LogP contribution in [0.2, 0.25) is 5.02 Å². The van der Waals surface area contributed by atoms with Crippen molar-refractivity contribution in [2.45, 2.75) is 0 Å². The van der Waals surface area contributed by atoms with E-state index in [1.54, 1.807) is 30.3 Å². The normalized spacial score (nSPS) is 10.2. The van der Waals surface area contributed by atoms with Crippen molar-refractivity contribution in [3.05, 3.63) is 57.8 Å². The van der Waals surface area contributed by atoms with Crippen LogP contribution in [0.15, 0.2) is 46.9 Å². The van der Waals surface area contributed by atoms with Crippen molar-refractivity contribution in [3.63, 3.8) is 0 Å². The third kappa shape index (κ3) is 3.95. The number of carbonyl (C=O) groups excluding carboxylic acids is 1. The average molecular weight is 358 g/mol. The lowest BCUT2D eigenvalue weighted by atomic mass is 10.3. The van der Waals surface area contributed by atoms with Gasteiger partial charge in [-0.2, -0.15) is 0 Å². The van der Waals surface area contributed by atoms with Gasteiger partial charge in [0.05, 0.1) is 17.3 Å². The van der Waals surface area contributed by atoms with Crippen molar-refractivity contribution in [1.82, 2.24) is 0 Å². The summed E-state index contributed by atoms with van der Waals surface area (Å²) in [5, 5.41) is 6.01. The molecule has 0 atom stereocenters. The van der Waals surface area contributed by atoms with Gasteiger partial charge in [-0.3, -0.25) is 4.79 Å². The van der Waals surface area contributed by atoms with Crippen LogP contribution in [0.3, 0.4) is 0 Å². The summed E-state index contributed by atoms with van der Waals surface area (Å²) in [6.07, 6.45) is 0. The van der Waals surface area contributed by atoms with Gasteiger partial charge < -0.3 is 10.6 Å².